The quantitative estimate of drug-likeness (QED) is 0.607. The van der Waals surface area contributed by atoms with Crippen molar-refractivity contribution in [3.63, 3.8) is 0 Å². The van der Waals surface area contributed by atoms with Crippen LogP contribution in [-0.2, 0) is 25.7 Å². The normalized spacial score (nSPS) is 32.0. The van der Waals surface area contributed by atoms with Crippen molar-refractivity contribution in [3.8, 4) is 0 Å². The van der Waals surface area contributed by atoms with Crippen LogP contribution in [0.3, 0.4) is 0 Å². The van der Waals surface area contributed by atoms with Crippen LogP contribution >= 0.6 is 0 Å². The van der Waals surface area contributed by atoms with Gasteiger partial charge in [-0.05, 0) is 46.1 Å². The maximum absolute atomic E-state index is 13.6. The highest BCUT2D eigenvalue weighted by Gasteiger charge is 2.74. The second-order valence-corrected chi connectivity index (χ2v) is 10.3. The first-order chi connectivity index (χ1) is 15.1. The van der Waals surface area contributed by atoms with Crippen LogP contribution in [0.2, 0.25) is 0 Å². The Balaban J connectivity index is 1.63. The van der Waals surface area contributed by atoms with Crippen molar-refractivity contribution in [1.29, 1.82) is 0 Å². The summed E-state index contributed by atoms with van der Waals surface area (Å²) in [4.78, 5) is 41.7. The van der Waals surface area contributed by atoms with Crippen LogP contribution in [-0.4, -0.2) is 63.7 Å². The van der Waals surface area contributed by atoms with E-state index in [1.807, 2.05) is 51.1 Å². The molecule has 3 aliphatic heterocycles. The number of benzene rings is 1. The van der Waals surface area contributed by atoms with Gasteiger partial charge in [-0.2, -0.15) is 0 Å². The van der Waals surface area contributed by atoms with Crippen LogP contribution in [0, 0.1) is 11.8 Å². The Hall–Kier alpha value is -2.45. The molecule has 1 spiro atoms. The Morgan fingerprint density at radius 3 is 2.56 bits per heavy atom. The fourth-order valence-electron chi connectivity index (χ4n) is 5.59. The van der Waals surface area contributed by atoms with E-state index in [1.54, 1.807) is 6.92 Å². The van der Waals surface area contributed by atoms with E-state index in [2.05, 4.69) is 10.6 Å². The van der Waals surface area contributed by atoms with Gasteiger partial charge in [-0.3, -0.25) is 14.4 Å². The molecule has 2 bridgehead atoms. The van der Waals surface area contributed by atoms with E-state index in [4.69, 9.17) is 4.74 Å². The molecule has 3 aliphatic rings. The Labute approximate surface area is 188 Å². The third-order valence-electron chi connectivity index (χ3n) is 6.84. The Kier molecular flexibility index (Phi) is 5.79. The van der Waals surface area contributed by atoms with E-state index in [9.17, 15) is 19.5 Å². The number of fused-ring (bicyclic) bond motifs is 1. The minimum atomic E-state index is -1.05. The van der Waals surface area contributed by atoms with E-state index in [0.717, 1.165) is 5.56 Å². The van der Waals surface area contributed by atoms with Gasteiger partial charge in [0.15, 0.2) is 0 Å². The second kappa shape index (κ2) is 8.15. The lowest BCUT2D eigenvalue weighted by Gasteiger charge is -2.37. The number of aliphatic hydroxyl groups excluding tert-OH is 1. The number of hydrogen-bond donors (Lipinski definition) is 3. The molecule has 174 valence electrons. The third-order valence-corrected chi connectivity index (χ3v) is 6.84. The largest absolute Gasteiger partial charge is 0.394 e. The zero-order valence-electron chi connectivity index (χ0n) is 19.1. The molecule has 32 heavy (non-hydrogen) atoms. The lowest BCUT2D eigenvalue weighted by Crippen LogP contribution is -2.60. The molecule has 0 aliphatic carbocycles. The van der Waals surface area contributed by atoms with Crippen molar-refractivity contribution in [1.82, 2.24) is 15.5 Å². The molecular formula is C24H33N3O5. The van der Waals surface area contributed by atoms with Crippen LogP contribution in [0.15, 0.2) is 30.3 Å². The molecule has 0 aromatic heterocycles. The molecule has 0 radical (unpaired) electrons. The number of nitrogens with one attached hydrogen (secondary N) is 2. The molecule has 3 heterocycles. The summed E-state index contributed by atoms with van der Waals surface area (Å²) in [5.74, 6) is -2.21. The van der Waals surface area contributed by atoms with Crippen LogP contribution < -0.4 is 10.6 Å². The summed E-state index contributed by atoms with van der Waals surface area (Å²) in [6, 6.07) is 8.14. The molecule has 3 N–H and O–H groups in total. The van der Waals surface area contributed by atoms with Gasteiger partial charge in [0.25, 0.3) is 0 Å². The standard InChI is InChI=1S/C24H33N3O5/c1-14(13-28)27-19(21(30)26-23(2,3)4)24-11-10-16(32-24)17(18(24)22(27)31)20(29)25-12-15-8-6-5-7-9-15/h5-9,14,16-19,28H,10-13H2,1-4H3,(H,25,29)(H,26,30)/t14-,16-,17+,18+,19?,24?/m1/s1. The number of carbonyl (C=O) groups excluding carboxylic acids is 3. The van der Waals surface area contributed by atoms with Crippen molar-refractivity contribution in [2.24, 2.45) is 11.8 Å². The SMILES string of the molecule is C[C@H](CO)N1C(=O)[C@@H]2[C@@H](C(=O)NCc3ccccc3)[C@H]3CCC2(O3)C1C(=O)NC(C)(C)C. The summed E-state index contributed by atoms with van der Waals surface area (Å²) >= 11 is 0. The molecule has 2 unspecified atom stereocenters. The van der Waals surface area contributed by atoms with E-state index >= 15 is 0 Å². The predicted octanol–water partition coefficient (Wildman–Crippen LogP) is 0.973. The van der Waals surface area contributed by atoms with Crippen LogP contribution in [0.25, 0.3) is 0 Å². The fraction of sp³-hybridized carbons (Fsp3) is 0.625. The number of ether oxygens (including phenoxy) is 1. The summed E-state index contributed by atoms with van der Waals surface area (Å²) in [6.07, 6.45) is 0.762. The van der Waals surface area contributed by atoms with Crippen molar-refractivity contribution in [2.75, 3.05) is 6.61 Å². The van der Waals surface area contributed by atoms with Crippen molar-refractivity contribution in [2.45, 2.75) is 76.4 Å². The lowest BCUT2D eigenvalue weighted by molar-refractivity contribution is -0.145. The Morgan fingerprint density at radius 2 is 1.94 bits per heavy atom. The van der Waals surface area contributed by atoms with Gasteiger partial charge < -0.3 is 25.4 Å². The van der Waals surface area contributed by atoms with Crippen LogP contribution in [0.5, 0.6) is 0 Å². The molecule has 1 aromatic rings. The minimum absolute atomic E-state index is 0.229. The van der Waals surface area contributed by atoms with E-state index in [0.29, 0.717) is 19.4 Å². The zero-order valence-corrected chi connectivity index (χ0v) is 19.1. The van der Waals surface area contributed by atoms with Gasteiger partial charge >= 0.3 is 0 Å². The molecule has 3 fully saturated rings. The van der Waals surface area contributed by atoms with Gasteiger partial charge in [-0.25, -0.2) is 0 Å². The minimum Gasteiger partial charge on any atom is -0.394 e. The van der Waals surface area contributed by atoms with Gasteiger partial charge in [0, 0.05) is 12.1 Å². The van der Waals surface area contributed by atoms with Crippen molar-refractivity contribution in [3.05, 3.63) is 35.9 Å². The molecular weight excluding hydrogens is 410 g/mol. The molecule has 8 nitrogen and oxygen atoms in total. The highest BCUT2D eigenvalue weighted by atomic mass is 16.5. The Bertz CT molecular complexity index is 899. The van der Waals surface area contributed by atoms with Gasteiger partial charge in [-0.15, -0.1) is 0 Å². The summed E-state index contributed by atoms with van der Waals surface area (Å²) in [7, 11) is 0. The van der Waals surface area contributed by atoms with Gasteiger partial charge in [0.1, 0.15) is 11.6 Å². The first-order valence-corrected chi connectivity index (χ1v) is 11.3. The Morgan fingerprint density at radius 1 is 1.25 bits per heavy atom. The maximum atomic E-state index is 13.6. The van der Waals surface area contributed by atoms with Gasteiger partial charge in [0.05, 0.1) is 30.6 Å². The average Bonchev–Trinajstić information content (AvgIpc) is 3.38. The number of likely N-dealkylation sites (tertiary alicyclic amines) is 1. The predicted molar refractivity (Wildman–Crippen MR) is 117 cm³/mol. The summed E-state index contributed by atoms with van der Waals surface area (Å²) in [5.41, 5.74) is -0.572. The number of carbonyl (C=O) groups is 3. The maximum Gasteiger partial charge on any atom is 0.246 e. The molecule has 8 heteroatoms. The number of rotatable bonds is 6. The lowest BCUT2D eigenvalue weighted by atomic mass is 9.70. The summed E-state index contributed by atoms with van der Waals surface area (Å²) < 4.78 is 6.35. The second-order valence-electron chi connectivity index (χ2n) is 10.3. The van der Waals surface area contributed by atoms with E-state index in [-0.39, 0.29) is 24.3 Å². The molecule has 3 amide bonds. The van der Waals surface area contributed by atoms with E-state index < -0.39 is 41.2 Å². The molecule has 4 rings (SSSR count). The highest BCUT2D eigenvalue weighted by molar-refractivity contribution is 5.99. The van der Waals surface area contributed by atoms with Crippen LogP contribution in [0.4, 0.5) is 0 Å². The topological polar surface area (TPSA) is 108 Å². The summed E-state index contributed by atoms with van der Waals surface area (Å²) in [6.45, 7) is 7.43. The number of aliphatic hydroxyl groups is 1. The molecule has 1 aromatic carbocycles. The molecule has 6 atom stereocenters. The van der Waals surface area contributed by atoms with Crippen molar-refractivity contribution < 1.29 is 24.2 Å². The number of hydrogen-bond acceptors (Lipinski definition) is 5. The average molecular weight is 444 g/mol. The third kappa shape index (κ3) is 3.69. The van der Waals surface area contributed by atoms with Crippen molar-refractivity contribution >= 4 is 17.7 Å². The monoisotopic (exact) mass is 443 g/mol. The first kappa shape index (κ1) is 22.7. The first-order valence-electron chi connectivity index (χ1n) is 11.3. The molecule has 0 saturated carbocycles. The van der Waals surface area contributed by atoms with Gasteiger partial charge in [0.2, 0.25) is 17.7 Å². The number of nitrogens with zero attached hydrogens (tertiary/aromatic N) is 1. The fourth-order valence-corrected chi connectivity index (χ4v) is 5.59. The smallest absolute Gasteiger partial charge is 0.246 e. The molecule has 3 saturated heterocycles. The highest BCUT2D eigenvalue weighted by Crippen LogP contribution is 2.58. The zero-order chi connectivity index (χ0) is 23.3. The van der Waals surface area contributed by atoms with E-state index in [1.165, 1.54) is 4.90 Å². The van der Waals surface area contributed by atoms with Gasteiger partial charge in [-0.1, -0.05) is 30.3 Å². The number of amides is 3. The van der Waals surface area contributed by atoms with Crippen LogP contribution in [0.1, 0.15) is 46.1 Å². The summed E-state index contributed by atoms with van der Waals surface area (Å²) in [5, 5.41) is 15.7.